The molecule has 1 fully saturated rings. The van der Waals surface area contributed by atoms with Gasteiger partial charge in [-0.3, -0.25) is 0 Å². The molecule has 0 N–H and O–H groups in total. The Labute approximate surface area is 163 Å². The van der Waals surface area contributed by atoms with E-state index < -0.39 is 0 Å². The molecule has 2 heteroatoms. The van der Waals surface area contributed by atoms with Gasteiger partial charge in [-0.05, 0) is 80.1 Å². The second kappa shape index (κ2) is 10.1. The standard InChI is InChI=1S/C25H30O2/c1-3-20-5-9-23(10-6-20)19-27-25-17-13-22(14-18-25)8-7-21-11-15-24(16-12-21)26-4-2/h11-18,20,23H,3-6,9-10,19H2,1-2H3/t20-,23-. The molecule has 3 rings (SSSR count). The lowest BCUT2D eigenvalue weighted by Gasteiger charge is -2.27. The minimum Gasteiger partial charge on any atom is -0.494 e. The van der Waals surface area contributed by atoms with Crippen molar-refractivity contribution in [3.05, 3.63) is 59.7 Å². The third kappa shape index (κ3) is 6.07. The number of ether oxygens (including phenoxy) is 2. The highest BCUT2D eigenvalue weighted by atomic mass is 16.5. The van der Waals surface area contributed by atoms with Gasteiger partial charge in [0.05, 0.1) is 13.2 Å². The van der Waals surface area contributed by atoms with E-state index in [9.17, 15) is 0 Å². The van der Waals surface area contributed by atoms with Crippen LogP contribution < -0.4 is 9.47 Å². The van der Waals surface area contributed by atoms with Gasteiger partial charge in [-0.15, -0.1) is 0 Å². The lowest BCUT2D eigenvalue weighted by molar-refractivity contribution is 0.181. The molecule has 0 heterocycles. The summed E-state index contributed by atoms with van der Waals surface area (Å²) in [6.07, 6.45) is 6.68. The summed E-state index contributed by atoms with van der Waals surface area (Å²) < 4.78 is 11.5. The number of rotatable bonds is 6. The lowest BCUT2D eigenvalue weighted by Crippen LogP contribution is -2.19. The summed E-state index contributed by atoms with van der Waals surface area (Å²) in [5, 5.41) is 0. The Morgan fingerprint density at radius 3 is 1.67 bits per heavy atom. The van der Waals surface area contributed by atoms with Gasteiger partial charge in [-0.2, -0.15) is 0 Å². The first-order valence-corrected chi connectivity index (χ1v) is 10.2. The Kier molecular flexibility index (Phi) is 7.22. The van der Waals surface area contributed by atoms with Gasteiger partial charge in [0.25, 0.3) is 0 Å². The van der Waals surface area contributed by atoms with Crippen molar-refractivity contribution < 1.29 is 9.47 Å². The summed E-state index contributed by atoms with van der Waals surface area (Å²) in [6.45, 7) is 5.81. The van der Waals surface area contributed by atoms with Crippen molar-refractivity contribution >= 4 is 0 Å². The molecular formula is C25H30O2. The summed E-state index contributed by atoms with van der Waals surface area (Å²) in [6, 6.07) is 16.0. The highest BCUT2D eigenvalue weighted by Crippen LogP contribution is 2.31. The Balaban J connectivity index is 1.49. The van der Waals surface area contributed by atoms with E-state index in [4.69, 9.17) is 9.47 Å². The van der Waals surface area contributed by atoms with Gasteiger partial charge in [0, 0.05) is 11.1 Å². The van der Waals surface area contributed by atoms with Crippen LogP contribution >= 0.6 is 0 Å². The fourth-order valence-corrected chi connectivity index (χ4v) is 3.60. The minimum atomic E-state index is 0.680. The first kappa shape index (κ1) is 19.4. The van der Waals surface area contributed by atoms with Gasteiger partial charge in [0.2, 0.25) is 0 Å². The number of hydrogen-bond donors (Lipinski definition) is 0. The zero-order valence-electron chi connectivity index (χ0n) is 16.5. The normalized spacial score (nSPS) is 19.0. The first-order valence-electron chi connectivity index (χ1n) is 10.2. The van der Waals surface area contributed by atoms with Gasteiger partial charge < -0.3 is 9.47 Å². The molecule has 0 amide bonds. The molecule has 2 nitrogen and oxygen atoms in total. The topological polar surface area (TPSA) is 18.5 Å². The zero-order chi connectivity index (χ0) is 18.9. The molecule has 1 aliphatic carbocycles. The summed E-state index contributed by atoms with van der Waals surface area (Å²) >= 11 is 0. The molecule has 2 aromatic rings. The Morgan fingerprint density at radius 2 is 1.19 bits per heavy atom. The van der Waals surface area contributed by atoms with E-state index in [1.54, 1.807) is 0 Å². The second-order valence-electron chi connectivity index (χ2n) is 7.34. The maximum absolute atomic E-state index is 6.01. The molecule has 2 aromatic carbocycles. The van der Waals surface area contributed by atoms with E-state index in [0.29, 0.717) is 12.5 Å². The van der Waals surface area contributed by atoms with Crippen LogP contribution in [0.15, 0.2) is 48.5 Å². The van der Waals surface area contributed by atoms with Crippen LogP contribution in [0.1, 0.15) is 57.1 Å². The average Bonchev–Trinajstić information content (AvgIpc) is 2.73. The summed E-state index contributed by atoms with van der Waals surface area (Å²) in [5.41, 5.74) is 1.99. The van der Waals surface area contributed by atoms with Gasteiger partial charge in [0.1, 0.15) is 11.5 Å². The molecule has 0 spiro atoms. The Morgan fingerprint density at radius 1 is 0.704 bits per heavy atom. The Bertz CT molecular complexity index is 742. The molecule has 27 heavy (non-hydrogen) atoms. The van der Waals surface area contributed by atoms with Crippen molar-refractivity contribution in [2.75, 3.05) is 13.2 Å². The molecule has 1 saturated carbocycles. The minimum absolute atomic E-state index is 0.680. The van der Waals surface area contributed by atoms with Crippen molar-refractivity contribution in [2.24, 2.45) is 11.8 Å². The van der Waals surface area contributed by atoms with Gasteiger partial charge in [-0.25, -0.2) is 0 Å². The van der Waals surface area contributed by atoms with Crippen LogP contribution in [0.25, 0.3) is 0 Å². The van der Waals surface area contributed by atoms with Crippen molar-refractivity contribution in [2.45, 2.75) is 46.0 Å². The molecule has 0 unspecified atom stereocenters. The van der Waals surface area contributed by atoms with Crippen LogP contribution in [0.4, 0.5) is 0 Å². The first-order chi connectivity index (χ1) is 13.3. The fraction of sp³-hybridized carbons (Fsp3) is 0.440. The van der Waals surface area contributed by atoms with E-state index in [0.717, 1.165) is 35.2 Å². The van der Waals surface area contributed by atoms with Crippen LogP contribution in [-0.4, -0.2) is 13.2 Å². The average molecular weight is 363 g/mol. The van der Waals surface area contributed by atoms with Crippen molar-refractivity contribution in [3.63, 3.8) is 0 Å². The molecule has 0 saturated heterocycles. The van der Waals surface area contributed by atoms with E-state index in [1.807, 2.05) is 55.5 Å². The maximum Gasteiger partial charge on any atom is 0.119 e. The smallest absolute Gasteiger partial charge is 0.119 e. The summed E-state index contributed by atoms with van der Waals surface area (Å²) in [7, 11) is 0. The highest BCUT2D eigenvalue weighted by molar-refractivity contribution is 5.45. The SMILES string of the molecule is CCOc1ccc(C#Cc2ccc(OC[C@H]3CC[C@H](CC)CC3)cc2)cc1. The number of benzene rings is 2. The van der Waals surface area contributed by atoms with E-state index >= 15 is 0 Å². The third-order valence-corrected chi connectivity index (χ3v) is 5.40. The van der Waals surface area contributed by atoms with E-state index in [2.05, 4.69) is 18.8 Å². The van der Waals surface area contributed by atoms with Crippen LogP contribution in [0.2, 0.25) is 0 Å². The quantitative estimate of drug-likeness (QED) is 0.580. The van der Waals surface area contributed by atoms with E-state index in [1.165, 1.54) is 32.1 Å². The predicted molar refractivity (Wildman–Crippen MR) is 111 cm³/mol. The molecule has 0 aromatic heterocycles. The van der Waals surface area contributed by atoms with Crippen molar-refractivity contribution in [1.82, 2.24) is 0 Å². The van der Waals surface area contributed by atoms with Gasteiger partial charge in [-0.1, -0.05) is 38.0 Å². The van der Waals surface area contributed by atoms with Crippen LogP contribution in [-0.2, 0) is 0 Å². The maximum atomic E-state index is 6.01. The van der Waals surface area contributed by atoms with Gasteiger partial charge >= 0.3 is 0 Å². The molecule has 1 aliphatic rings. The summed E-state index contributed by atoms with van der Waals surface area (Å²) in [5.74, 6) is 9.89. The van der Waals surface area contributed by atoms with Crippen LogP contribution in [0.5, 0.6) is 11.5 Å². The van der Waals surface area contributed by atoms with Crippen molar-refractivity contribution in [3.8, 4) is 23.3 Å². The predicted octanol–water partition coefficient (Wildman–Crippen LogP) is 6.08. The highest BCUT2D eigenvalue weighted by Gasteiger charge is 2.20. The molecule has 142 valence electrons. The molecule has 0 radical (unpaired) electrons. The lowest BCUT2D eigenvalue weighted by atomic mass is 9.81. The van der Waals surface area contributed by atoms with Crippen LogP contribution in [0, 0.1) is 23.7 Å². The van der Waals surface area contributed by atoms with Crippen LogP contribution in [0.3, 0.4) is 0 Å². The van der Waals surface area contributed by atoms with E-state index in [-0.39, 0.29) is 0 Å². The van der Waals surface area contributed by atoms with Gasteiger partial charge in [0.15, 0.2) is 0 Å². The largest absolute Gasteiger partial charge is 0.494 e. The number of hydrogen-bond acceptors (Lipinski definition) is 2. The fourth-order valence-electron chi connectivity index (χ4n) is 3.60. The molecule has 0 aliphatic heterocycles. The zero-order valence-corrected chi connectivity index (χ0v) is 16.5. The molecule has 0 atom stereocenters. The molecular weight excluding hydrogens is 332 g/mol. The second-order valence-corrected chi connectivity index (χ2v) is 7.34. The third-order valence-electron chi connectivity index (χ3n) is 5.40. The van der Waals surface area contributed by atoms with Crippen molar-refractivity contribution in [1.29, 1.82) is 0 Å². The molecule has 0 bridgehead atoms. The summed E-state index contributed by atoms with van der Waals surface area (Å²) in [4.78, 5) is 0. The Hall–Kier alpha value is -2.40. The monoisotopic (exact) mass is 362 g/mol.